The zero-order valence-electron chi connectivity index (χ0n) is 19.5. The second-order valence-electron chi connectivity index (χ2n) is 9.15. The molecule has 6 heteroatoms. The number of aromatic nitrogens is 1. The molecule has 2 amide bonds. The Bertz CT molecular complexity index is 1440. The minimum atomic E-state index is -0.173. The summed E-state index contributed by atoms with van der Waals surface area (Å²) in [6.07, 6.45) is 2.90. The molecule has 35 heavy (non-hydrogen) atoms. The van der Waals surface area contributed by atoms with E-state index in [-0.39, 0.29) is 17.7 Å². The van der Waals surface area contributed by atoms with Gasteiger partial charge in [0.25, 0.3) is 5.91 Å². The maximum atomic E-state index is 13.2. The molecule has 0 saturated heterocycles. The van der Waals surface area contributed by atoms with Crippen LogP contribution in [0.5, 0.6) is 0 Å². The predicted octanol–water partition coefficient (Wildman–Crippen LogP) is 6.34. The molecule has 1 saturated carbocycles. The smallest absolute Gasteiger partial charge is 0.258 e. The number of anilines is 2. The molecule has 0 unspecified atom stereocenters. The molecule has 4 aromatic rings. The van der Waals surface area contributed by atoms with Gasteiger partial charge in [-0.2, -0.15) is 0 Å². The van der Waals surface area contributed by atoms with Crippen LogP contribution in [0.25, 0.3) is 22.4 Å². The summed E-state index contributed by atoms with van der Waals surface area (Å²) in [5, 5.41) is 3.59. The quantitative estimate of drug-likeness (QED) is 0.363. The van der Waals surface area contributed by atoms with Gasteiger partial charge in [-0.3, -0.25) is 14.9 Å². The molecule has 2 aliphatic rings. The normalized spacial score (nSPS) is 14.6. The fourth-order valence-corrected chi connectivity index (χ4v) is 5.59. The molecule has 0 bridgehead atoms. The summed E-state index contributed by atoms with van der Waals surface area (Å²) in [6, 6.07) is 23.8. The van der Waals surface area contributed by atoms with Gasteiger partial charge >= 0.3 is 0 Å². The molecule has 2 heterocycles. The monoisotopic (exact) mass is 479 g/mol. The third-order valence-electron chi connectivity index (χ3n) is 6.71. The lowest BCUT2D eigenvalue weighted by Crippen LogP contribution is -2.30. The molecule has 0 atom stereocenters. The van der Waals surface area contributed by atoms with Gasteiger partial charge in [0.1, 0.15) is 0 Å². The van der Waals surface area contributed by atoms with Gasteiger partial charge in [0.15, 0.2) is 5.13 Å². The zero-order valence-corrected chi connectivity index (χ0v) is 20.3. The molecule has 1 fully saturated rings. The van der Waals surface area contributed by atoms with Gasteiger partial charge < -0.3 is 4.90 Å². The fourth-order valence-electron chi connectivity index (χ4n) is 4.76. The van der Waals surface area contributed by atoms with Gasteiger partial charge in [-0.25, -0.2) is 4.98 Å². The highest BCUT2D eigenvalue weighted by Gasteiger charge is 2.36. The average molecular weight is 480 g/mol. The fraction of sp³-hybridized carbons (Fsp3) is 0.207. The Balaban J connectivity index is 1.24. The number of rotatable bonds is 5. The summed E-state index contributed by atoms with van der Waals surface area (Å²) >= 11 is 1.48. The van der Waals surface area contributed by atoms with E-state index in [0.29, 0.717) is 10.7 Å². The summed E-state index contributed by atoms with van der Waals surface area (Å²) in [6.45, 7) is 2.78. The van der Waals surface area contributed by atoms with E-state index in [4.69, 9.17) is 4.98 Å². The van der Waals surface area contributed by atoms with Gasteiger partial charge in [0, 0.05) is 34.2 Å². The first-order valence-corrected chi connectivity index (χ1v) is 12.8. The minimum Gasteiger partial charge on any atom is -0.312 e. The molecule has 3 aromatic carbocycles. The molecule has 1 aromatic heterocycles. The molecule has 6 rings (SSSR count). The van der Waals surface area contributed by atoms with E-state index in [1.54, 1.807) is 0 Å². The van der Waals surface area contributed by atoms with E-state index in [1.807, 2.05) is 78.6 Å². The van der Waals surface area contributed by atoms with Crippen molar-refractivity contribution in [3.63, 3.8) is 0 Å². The molecule has 174 valence electrons. The Labute approximate surface area is 208 Å². The van der Waals surface area contributed by atoms with E-state index >= 15 is 0 Å². The van der Waals surface area contributed by atoms with Crippen LogP contribution in [0.3, 0.4) is 0 Å². The first-order chi connectivity index (χ1) is 17.1. The number of carbonyl (C=O) groups is 2. The van der Waals surface area contributed by atoms with Crippen LogP contribution >= 0.6 is 11.3 Å². The summed E-state index contributed by atoms with van der Waals surface area (Å²) in [5.74, 6) is 0.315. The number of amides is 2. The minimum absolute atomic E-state index is 0.173. The molecule has 1 aliphatic carbocycles. The van der Waals surface area contributed by atoms with Gasteiger partial charge in [-0.15, -0.1) is 11.3 Å². The average Bonchev–Trinajstić information content (AvgIpc) is 3.56. The van der Waals surface area contributed by atoms with Crippen LogP contribution < -0.4 is 10.2 Å². The Morgan fingerprint density at radius 3 is 2.54 bits per heavy atom. The Kier molecular flexibility index (Phi) is 5.46. The zero-order chi connectivity index (χ0) is 23.9. The van der Waals surface area contributed by atoms with Crippen molar-refractivity contribution in [3.05, 3.63) is 88.8 Å². The maximum absolute atomic E-state index is 13.2. The number of benzene rings is 3. The molecular weight excluding hydrogens is 454 g/mol. The third-order valence-corrected chi connectivity index (χ3v) is 7.60. The lowest BCUT2D eigenvalue weighted by molar-refractivity contribution is -0.119. The Morgan fingerprint density at radius 2 is 1.74 bits per heavy atom. The van der Waals surface area contributed by atoms with Crippen LogP contribution in [-0.4, -0.2) is 23.3 Å². The standard InChI is InChI=1S/C29H25N3O2S/c1-18-26(22-13-14-25-21(17-22)15-16-32(25)28(34)20-11-12-20)30-29(35-18)31-27(33)24-10-6-5-9-23(24)19-7-3-2-4-8-19/h2-10,13-14,17,20H,11-12,15-16H2,1H3,(H,30,31,33). The van der Waals surface area contributed by atoms with Crippen molar-refractivity contribution < 1.29 is 9.59 Å². The van der Waals surface area contributed by atoms with Crippen molar-refractivity contribution in [2.45, 2.75) is 26.2 Å². The third kappa shape index (κ3) is 4.15. The van der Waals surface area contributed by atoms with E-state index in [2.05, 4.69) is 11.4 Å². The van der Waals surface area contributed by atoms with Gasteiger partial charge in [-0.1, -0.05) is 54.6 Å². The SMILES string of the molecule is Cc1sc(NC(=O)c2ccccc2-c2ccccc2)nc1-c1ccc2c(c1)CCN2C(=O)C1CC1. The van der Waals surface area contributed by atoms with Gasteiger partial charge in [-0.05, 0) is 61.1 Å². The van der Waals surface area contributed by atoms with E-state index in [0.717, 1.165) is 58.8 Å². The van der Waals surface area contributed by atoms with Crippen LogP contribution in [0.4, 0.5) is 10.8 Å². The number of aryl methyl sites for hydroxylation is 1. The first-order valence-electron chi connectivity index (χ1n) is 12.0. The number of nitrogens with one attached hydrogen (secondary N) is 1. The molecule has 5 nitrogen and oxygen atoms in total. The topological polar surface area (TPSA) is 62.3 Å². The van der Waals surface area contributed by atoms with Crippen molar-refractivity contribution in [2.24, 2.45) is 5.92 Å². The van der Waals surface area contributed by atoms with Crippen molar-refractivity contribution in [2.75, 3.05) is 16.8 Å². The number of thiazole rings is 1. The van der Waals surface area contributed by atoms with Crippen molar-refractivity contribution in [3.8, 4) is 22.4 Å². The van der Waals surface area contributed by atoms with Crippen molar-refractivity contribution in [1.82, 2.24) is 4.98 Å². The second-order valence-corrected chi connectivity index (χ2v) is 10.4. The van der Waals surface area contributed by atoms with Crippen molar-refractivity contribution in [1.29, 1.82) is 0 Å². The highest BCUT2D eigenvalue weighted by atomic mass is 32.1. The Hall–Kier alpha value is -3.77. The highest BCUT2D eigenvalue weighted by molar-refractivity contribution is 7.16. The number of fused-ring (bicyclic) bond motifs is 1. The summed E-state index contributed by atoms with van der Waals surface area (Å²) in [7, 11) is 0. The van der Waals surface area contributed by atoms with Crippen LogP contribution in [0.1, 0.15) is 33.6 Å². The van der Waals surface area contributed by atoms with E-state index < -0.39 is 0 Å². The predicted molar refractivity (Wildman–Crippen MR) is 141 cm³/mol. The largest absolute Gasteiger partial charge is 0.312 e. The van der Waals surface area contributed by atoms with Crippen molar-refractivity contribution >= 4 is 34.0 Å². The second kappa shape index (κ2) is 8.78. The number of hydrogen-bond acceptors (Lipinski definition) is 4. The van der Waals surface area contributed by atoms with Gasteiger partial charge in [0.2, 0.25) is 5.91 Å². The van der Waals surface area contributed by atoms with Crippen LogP contribution in [0.2, 0.25) is 0 Å². The lowest BCUT2D eigenvalue weighted by atomic mass is 9.99. The number of hydrogen-bond donors (Lipinski definition) is 1. The molecule has 1 N–H and O–H groups in total. The summed E-state index contributed by atoms with van der Waals surface area (Å²) < 4.78 is 0. The van der Waals surface area contributed by atoms with Crippen LogP contribution in [0.15, 0.2) is 72.8 Å². The maximum Gasteiger partial charge on any atom is 0.258 e. The molecular formula is C29H25N3O2S. The molecule has 0 radical (unpaired) electrons. The van der Waals surface area contributed by atoms with Crippen LogP contribution in [-0.2, 0) is 11.2 Å². The highest BCUT2D eigenvalue weighted by Crippen LogP contribution is 2.39. The Morgan fingerprint density at radius 1 is 0.971 bits per heavy atom. The molecule has 0 spiro atoms. The number of nitrogens with zero attached hydrogens (tertiary/aromatic N) is 2. The molecule has 1 aliphatic heterocycles. The lowest BCUT2D eigenvalue weighted by Gasteiger charge is -2.17. The summed E-state index contributed by atoms with van der Waals surface area (Å²) in [4.78, 5) is 33.5. The number of carbonyl (C=O) groups excluding carboxylic acids is 2. The first kappa shape index (κ1) is 21.7. The van der Waals surface area contributed by atoms with Gasteiger partial charge in [0.05, 0.1) is 5.69 Å². The van der Waals surface area contributed by atoms with Crippen LogP contribution in [0, 0.1) is 12.8 Å². The van der Waals surface area contributed by atoms with E-state index in [9.17, 15) is 9.59 Å². The summed E-state index contributed by atoms with van der Waals surface area (Å²) in [5.41, 5.74) is 6.62. The van der Waals surface area contributed by atoms with E-state index in [1.165, 1.54) is 16.9 Å².